The maximum atomic E-state index is 5.74. The molecule has 0 spiro atoms. The average molecular weight is 302 g/mol. The van der Waals surface area contributed by atoms with Gasteiger partial charge in [-0.1, -0.05) is 33.8 Å². The molecule has 1 heterocycles. The fraction of sp³-hybridized carbons (Fsp3) is 0.474. The zero-order valence-electron chi connectivity index (χ0n) is 14.3. The quantitative estimate of drug-likeness (QED) is 0.769. The van der Waals surface area contributed by atoms with E-state index in [9.17, 15) is 0 Å². The minimum atomic E-state index is 0.135. The van der Waals surface area contributed by atoms with E-state index in [0.29, 0.717) is 5.92 Å². The second-order valence-electron chi connectivity index (χ2n) is 6.76. The van der Waals surface area contributed by atoms with Gasteiger partial charge in [0, 0.05) is 17.5 Å². The van der Waals surface area contributed by atoms with Crippen LogP contribution in [0, 0.1) is 11.3 Å². The highest BCUT2D eigenvalue weighted by Gasteiger charge is 2.34. The first kappa shape index (κ1) is 16.5. The SMILES string of the molecule is COc1ccc([C@@H](c2ccco2)[C@H](C)C(C)(C)C)c(OC)c1. The summed E-state index contributed by atoms with van der Waals surface area (Å²) in [5, 5.41) is 0. The summed E-state index contributed by atoms with van der Waals surface area (Å²) in [4.78, 5) is 0. The van der Waals surface area contributed by atoms with Crippen molar-refractivity contribution in [3.05, 3.63) is 47.9 Å². The smallest absolute Gasteiger partial charge is 0.126 e. The van der Waals surface area contributed by atoms with Crippen LogP contribution in [-0.4, -0.2) is 14.2 Å². The molecule has 0 aliphatic rings. The van der Waals surface area contributed by atoms with Gasteiger partial charge < -0.3 is 13.9 Å². The van der Waals surface area contributed by atoms with Crippen molar-refractivity contribution in [3.8, 4) is 11.5 Å². The van der Waals surface area contributed by atoms with Gasteiger partial charge in [0.15, 0.2) is 0 Å². The molecule has 0 bridgehead atoms. The van der Waals surface area contributed by atoms with Gasteiger partial charge in [-0.25, -0.2) is 0 Å². The highest BCUT2D eigenvalue weighted by Crippen LogP contribution is 2.45. The van der Waals surface area contributed by atoms with E-state index in [1.807, 2.05) is 24.3 Å². The summed E-state index contributed by atoms with van der Waals surface area (Å²) < 4.78 is 16.7. The molecule has 0 N–H and O–H groups in total. The number of ether oxygens (including phenoxy) is 2. The van der Waals surface area contributed by atoms with Crippen molar-refractivity contribution in [3.63, 3.8) is 0 Å². The van der Waals surface area contributed by atoms with Gasteiger partial charge in [0.25, 0.3) is 0 Å². The van der Waals surface area contributed by atoms with Gasteiger partial charge in [0.05, 0.1) is 20.5 Å². The summed E-state index contributed by atoms with van der Waals surface area (Å²) in [5.41, 5.74) is 1.27. The number of hydrogen-bond donors (Lipinski definition) is 0. The highest BCUT2D eigenvalue weighted by molar-refractivity contribution is 5.45. The van der Waals surface area contributed by atoms with Crippen LogP contribution in [0.1, 0.15) is 44.9 Å². The number of hydrogen-bond acceptors (Lipinski definition) is 3. The van der Waals surface area contributed by atoms with Gasteiger partial charge in [0.2, 0.25) is 0 Å². The third-order valence-electron chi connectivity index (χ3n) is 4.49. The van der Waals surface area contributed by atoms with Crippen LogP contribution in [0.5, 0.6) is 11.5 Å². The Morgan fingerprint density at radius 2 is 1.77 bits per heavy atom. The van der Waals surface area contributed by atoms with Crippen LogP contribution in [-0.2, 0) is 0 Å². The standard InChI is InChI=1S/C19H26O3/c1-13(19(2,3)4)18(16-8-7-11-22-16)15-10-9-14(20-5)12-17(15)21-6/h7-13,18H,1-6H3/t13-,18-/m0/s1. The van der Waals surface area contributed by atoms with Crippen LogP contribution in [0.4, 0.5) is 0 Å². The molecule has 1 aromatic carbocycles. The van der Waals surface area contributed by atoms with E-state index >= 15 is 0 Å². The second-order valence-corrected chi connectivity index (χ2v) is 6.76. The Labute approximate surface area is 133 Å². The number of benzene rings is 1. The Kier molecular flexibility index (Phi) is 4.84. The Morgan fingerprint density at radius 3 is 2.27 bits per heavy atom. The molecule has 0 saturated heterocycles. The summed E-state index contributed by atoms with van der Waals surface area (Å²) in [5.74, 6) is 3.10. The minimum absolute atomic E-state index is 0.135. The summed E-state index contributed by atoms with van der Waals surface area (Å²) in [6, 6.07) is 9.96. The molecule has 0 radical (unpaired) electrons. The van der Waals surface area contributed by atoms with Gasteiger partial charge in [-0.2, -0.15) is 0 Å². The monoisotopic (exact) mass is 302 g/mol. The van der Waals surface area contributed by atoms with E-state index < -0.39 is 0 Å². The van der Waals surface area contributed by atoms with Crippen molar-refractivity contribution in [1.29, 1.82) is 0 Å². The van der Waals surface area contributed by atoms with Crippen molar-refractivity contribution in [2.45, 2.75) is 33.6 Å². The maximum Gasteiger partial charge on any atom is 0.126 e. The lowest BCUT2D eigenvalue weighted by Crippen LogP contribution is -2.25. The Bertz CT molecular complexity index is 594. The van der Waals surface area contributed by atoms with Crippen molar-refractivity contribution < 1.29 is 13.9 Å². The highest BCUT2D eigenvalue weighted by atomic mass is 16.5. The fourth-order valence-corrected chi connectivity index (χ4v) is 2.71. The first-order chi connectivity index (χ1) is 10.4. The van der Waals surface area contributed by atoms with Gasteiger partial charge in [-0.3, -0.25) is 0 Å². The van der Waals surface area contributed by atoms with Crippen molar-refractivity contribution in [2.24, 2.45) is 11.3 Å². The van der Waals surface area contributed by atoms with Gasteiger partial charge in [-0.05, 0) is 29.5 Å². The average Bonchev–Trinajstić information content (AvgIpc) is 3.00. The fourth-order valence-electron chi connectivity index (χ4n) is 2.71. The lowest BCUT2D eigenvalue weighted by Gasteiger charge is -2.34. The first-order valence-corrected chi connectivity index (χ1v) is 7.63. The van der Waals surface area contributed by atoms with Crippen LogP contribution < -0.4 is 9.47 Å². The van der Waals surface area contributed by atoms with Crippen LogP contribution in [0.2, 0.25) is 0 Å². The van der Waals surface area contributed by atoms with Gasteiger partial charge >= 0.3 is 0 Å². The molecule has 0 unspecified atom stereocenters. The predicted octanol–water partition coefficient (Wildman–Crippen LogP) is 5.11. The van der Waals surface area contributed by atoms with Crippen LogP contribution in [0.3, 0.4) is 0 Å². The van der Waals surface area contributed by atoms with E-state index in [1.54, 1.807) is 20.5 Å². The largest absolute Gasteiger partial charge is 0.497 e. The molecule has 0 aliphatic heterocycles. The van der Waals surface area contributed by atoms with Crippen molar-refractivity contribution >= 4 is 0 Å². The Hall–Kier alpha value is -1.90. The zero-order chi connectivity index (χ0) is 16.3. The molecule has 120 valence electrons. The third-order valence-corrected chi connectivity index (χ3v) is 4.49. The van der Waals surface area contributed by atoms with Crippen molar-refractivity contribution in [2.75, 3.05) is 14.2 Å². The second kappa shape index (κ2) is 6.47. The number of furan rings is 1. The molecule has 0 amide bonds. The van der Waals surface area contributed by atoms with E-state index in [1.165, 1.54) is 0 Å². The molecule has 1 aromatic heterocycles. The Balaban J connectivity index is 2.55. The summed E-state index contributed by atoms with van der Waals surface area (Å²) in [7, 11) is 3.36. The molecule has 3 nitrogen and oxygen atoms in total. The molecule has 2 aromatic rings. The van der Waals surface area contributed by atoms with E-state index in [-0.39, 0.29) is 11.3 Å². The molecule has 3 heteroatoms. The van der Waals surface area contributed by atoms with Gasteiger partial charge in [-0.15, -0.1) is 0 Å². The summed E-state index contributed by atoms with van der Waals surface area (Å²) >= 11 is 0. The molecular formula is C19H26O3. The van der Waals surface area contributed by atoms with E-state index in [2.05, 4.69) is 33.8 Å². The molecule has 0 saturated carbocycles. The van der Waals surface area contributed by atoms with Gasteiger partial charge in [0.1, 0.15) is 17.3 Å². The lowest BCUT2D eigenvalue weighted by atomic mass is 9.71. The molecule has 0 fully saturated rings. The third kappa shape index (κ3) is 3.29. The normalized spacial score (nSPS) is 14.5. The van der Waals surface area contributed by atoms with Crippen LogP contribution >= 0.6 is 0 Å². The van der Waals surface area contributed by atoms with E-state index in [0.717, 1.165) is 22.8 Å². The van der Waals surface area contributed by atoms with Crippen LogP contribution in [0.15, 0.2) is 41.0 Å². The van der Waals surface area contributed by atoms with Crippen LogP contribution in [0.25, 0.3) is 0 Å². The summed E-state index contributed by atoms with van der Waals surface area (Å²) in [6.07, 6.45) is 1.73. The zero-order valence-corrected chi connectivity index (χ0v) is 14.3. The van der Waals surface area contributed by atoms with Crippen molar-refractivity contribution in [1.82, 2.24) is 0 Å². The molecule has 22 heavy (non-hydrogen) atoms. The number of methoxy groups -OCH3 is 2. The lowest BCUT2D eigenvalue weighted by molar-refractivity contribution is 0.220. The predicted molar refractivity (Wildman–Crippen MR) is 88.7 cm³/mol. The molecule has 2 atom stereocenters. The topological polar surface area (TPSA) is 31.6 Å². The minimum Gasteiger partial charge on any atom is -0.497 e. The Morgan fingerprint density at radius 1 is 1.05 bits per heavy atom. The number of rotatable bonds is 5. The first-order valence-electron chi connectivity index (χ1n) is 7.63. The molecular weight excluding hydrogens is 276 g/mol. The molecule has 0 aliphatic carbocycles. The summed E-state index contributed by atoms with van der Waals surface area (Å²) in [6.45, 7) is 9.02. The molecule has 2 rings (SSSR count). The maximum absolute atomic E-state index is 5.74. The van der Waals surface area contributed by atoms with E-state index in [4.69, 9.17) is 13.9 Å².